The van der Waals surface area contributed by atoms with Crippen LogP contribution in [-0.4, -0.2) is 35.5 Å². The highest BCUT2D eigenvalue weighted by molar-refractivity contribution is 7.49. The number of H-pyrrole nitrogens is 1. The second-order valence-corrected chi connectivity index (χ2v) is 8.50. The zero-order valence-electron chi connectivity index (χ0n) is 16.2. The van der Waals surface area contributed by atoms with Gasteiger partial charge in [-0.15, -0.1) is 0 Å². The van der Waals surface area contributed by atoms with Crippen molar-refractivity contribution in [2.45, 2.75) is 38.5 Å². The number of aryl methyl sites for hydroxylation is 1. The Bertz CT molecular complexity index is 1120. The SMILES string of the molecule is COc1cccc2c1COP(=O)(OC[C@H]1O[C@@H](n3cc(C)c(=O)[nH]c3=O)C[C@H]1F)O2. The number of benzene rings is 1. The molecule has 1 aromatic carbocycles. The summed E-state index contributed by atoms with van der Waals surface area (Å²) in [5.41, 5.74) is -0.353. The maximum atomic E-state index is 14.5. The number of hydrogen-bond donors (Lipinski definition) is 1. The van der Waals surface area contributed by atoms with Crippen molar-refractivity contribution in [3.05, 3.63) is 56.4 Å². The van der Waals surface area contributed by atoms with Crippen LogP contribution in [0.4, 0.5) is 4.39 Å². The van der Waals surface area contributed by atoms with E-state index in [4.69, 9.17) is 23.0 Å². The molecule has 1 saturated heterocycles. The van der Waals surface area contributed by atoms with Gasteiger partial charge in [0.1, 0.15) is 30.0 Å². The monoisotopic (exact) mass is 442 g/mol. The quantitative estimate of drug-likeness (QED) is 0.701. The summed E-state index contributed by atoms with van der Waals surface area (Å²) in [6.07, 6.45) is -2.35. The number of aromatic nitrogens is 2. The van der Waals surface area contributed by atoms with E-state index < -0.39 is 44.2 Å². The Morgan fingerprint density at radius 2 is 2.17 bits per heavy atom. The number of phosphoric ester groups is 1. The van der Waals surface area contributed by atoms with Crippen LogP contribution in [0.1, 0.15) is 23.8 Å². The fraction of sp³-hybridized carbons (Fsp3) is 0.444. The van der Waals surface area contributed by atoms with Crippen molar-refractivity contribution < 1.29 is 32.0 Å². The van der Waals surface area contributed by atoms with E-state index in [1.165, 1.54) is 20.2 Å². The Balaban J connectivity index is 1.43. The number of aromatic amines is 1. The number of rotatable bonds is 5. The summed E-state index contributed by atoms with van der Waals surface area (Å²) in [6.45, 7) is 1.05. The molecule has 0 aliphatic carbocycles. The summed E-state index contributed by atoms with van der Waals surface area (Å²) < 4.78 is 55.0. The molecule has 4 atom stereocenters. The summed E-state index contributed by atoms with van der Waals surface area (Å²) in [4.78, 5) is 25.6. The van der Waals surface area contributed by atoms with Gasteiger partial charge in [0.05, 0.1) is 25.9 Å². The van der Waals surface area contributed by atoms with Crippen molar-refractivity contribution in [2.75, 3.05) is 13.7 Å². The van der Waals surface area contributed by atoms with Gasteiger partial charge in [0, 0.05) is 18.2 Å². The first-order valence-corrected chi connectivity index (χ1v) is 10.6. The van der Waals surface area contributed by atoms with Gasteiger partial charge in [-0.05, 0) is 19.1 Å². The number of ether oxygens (including phenoxy) is 2. The molecule has 2 aliphatic heterocycles. The van der Waals surface area contributed by atoms with Crippen LogP contribution in [0.5, 0.6) is 11.5 Å². The van der Waals surface area contributed by atoms with E-state index in [1.54, 1.807) is 18.2 Å². The molecule has 0 bridgehead atoms. The number of hydrogen-bond acceptors (Lipinski definition) is 8. The lowest BCUT2D eigenvalue weighted by molar-refractivity contribution is -0.0370. The number of phosphoric acid groups is 1. The van der Waals surface area contributed by atoms with E-state index in [-0.39, 0.29) is 18.6 Å². The van der Waals surface area contributed by atoms with E-state index >= 15 is 0 Å². The van der Waals surface area contributed by atoms with E-state index in [0.29, 0.717) is 17.1 Å². The van der Waals surface area contributed by atoms with E-state index in [0.717, 1.165) is 4.57 Å². The average Bonchev–Trinajstić information content (AvgIpc) is 3.09. The fourth-order valence-corrected chi connectivity index (χ4v) is 4.50. The van der Waals surface area contributed by atoms with Gasteiger partial charge < -0.3 is 14.0 Å². The lowest BCUT2D eigenvalue weighted by Crippen LogP contribution is -2.33. The molecule has 2 aromatic rings. The van der Waals surface area contributed by atoms with Crippen LogP contribution >= 0.6 is 7.82 Å². The summed E-state index contributed by atoms with van der Waals surface area (Å²) in [5, 5.41) is 0. The molecular weight excluding hydrogens is 422 g/mol. The topological polar surface area (TPSA) is 118 Å². The Hall–Kier alpha value is -2.46. The van der Waals surface area contributed by atoms with E-state index in [9.17, 15) is 18.5 Å². The molecule has 1 aromatic heterocycles. The third-order valence-corrected chi connectivity index (χ3v) is 6.23. The standard InChI is InChI=1S/C18H20FN2O8P/c1-10-7-21(18(23)20-17(10)22)16-6-12(19)15(28-16)9-27-30(24)26-8-11-13(25-2)4-3-5-14(11)29-30/h3-5,7,12,15-16H,6,8-9H2,1-2H3,(H,20,22,23)/t12-,15-,16-,30?/m1/s1. The largest absolute Gasteiger partial charge is 0.530 e. The molecule has 3 heterocycles. The molecule has 2 aliphatic rings. The summed E-state index contributed by atoms with van der Waals surface area (Å²) in [5.74, 6) is 0.812. The molecule has 1 unspecified atom stereocenters. The number of halogens is 1. The first-order valence-electron chi connectivity index (χ1n) is 9.16. The summed E-state index contributed by atoms with van der Waals surface area (Å²) in [6, 6.07) is 4.98. The van der Waals surface area contributed by atoms with Crippen molar-refractivity contribution in [2.24, 2.45) is 0 Å². The zero-order chi connectivity index (χ0) is 21.5. The van der Waals surface area contributed by atoms with E-state index in [1.807, 2.05) is 0 Å². The van der Waals surface area contributed by atoms with Crippen molar-refractivity contribution in [1.29, 1.82) is 0 Å². The minimum Gasteiger partial charge on any atom is -0.496 e. The molecule has 4 rings (SSSR count). The van der Waals surface area contributed by atoms with Crippen LogP contribution in [0, 0.1) is 6.92 Å². The highest BCUT2D eigenvalue weighted by Crippen LogP contribution is 2.56. The number of methoxy groups -OCH3 is 1. The van der Waals surface area contributed by atoms with Gasteiger partial charge in [-0.3, -0.25) is 23.4 Å². The number of alkyl halides is 1. The number of fused-ring (bicyclic) bond motifs is 1. The molecule has 30 heavy (non-hydrogen) atoms. The third-order valence-electron chi connectivity index (χ3n) is 4.90. The van der Waals surface area contributed by atoms with Crippen LogP contribution < -0.4 is 20.5 Å². The van der Waals surface area contributed by atoms with Gasteiger partial charge in [-0.2, -0.15) is 0 Å². The molecule has 162 valence electrons. The molecule has 0 amide bonds. The third kappa shape index (κ3) is 3.93. The first-order chi connectivity index (χ1) is 14.3. The highest BCUT2D eigenvalue weighted by Gasteiger charge is 2.41. The van der Waals surface area contributed by atoms with Crippen molar-refractivity contribution in [1.82, 2.24) is 9.55 Å². The molecule has 0 saturated carbocycles. The predicted molar refractivity (Wildman–Crippen MR) is 101 cm³/mol. The lowest BCUT2D eigenvalue weighted by Gasteiger charge is -2.26. The molecular formula is C18H20FN2O8P. The van der Waals surface area contributed by atoms with Gasteiger partial charge in [0.2, 0.25) is 0 Å². The first kappa shape index (κ1) is 20.8. The van der Waals surface area contributed by atoms with Gasteiger partial charge in [0.25, 0.3) is 5.56 Å². The molecule has 1 N–H and O–H groups in total. The maximum Gasteiger partial charge on any atom is 0.530 e. The molecule has 0 spiro atoms. The van der Waals surface area contributed by atoms with Crippen molar-refractivity contribution in [3.63, 3.8) is 0 Å². The summed E-state index contributed by atoms with van der Waals surface area (Å²) >= 11 is 0. The minimum atomic E-state index is -3.99. The molecule has 0 radical (unpaired) electrons. The maximum absolute atomic E-state index is 14.5. The van der Waals surface area contributed by atoms with Gasteiger partial charge >= 0.3 is 13.5 Å². The molecule has 10 nitrogen and oxygen atoms in total. The molecule has 12 heteroatoms. The van der Waals surface area contributed by atoms with E-state index in [2.05, 4.69) is 4.98 Å². The van der Waals surface area contributed by atoms with Gasteiger partial charge in [-0.1, -0.05) is 6.07 Å². The van der Waals surface area contributed by atoms with Crippen LogP contribution in [-0.2, 0) is 25.0 Å². The smallest absolute Gasteiger partial charge is 0.496 e. The highest BCUT2D eigenvalue weighted by atomic mass is 31.2. The Kier molecular flexibility index (Phi) is 5.54. The van der Waals surface area contributed by atoms with Crippen LogP contribution in [0.25, 0.3) is 0 Å². The van der Waals surface area contributed by atoms with Crippen LogP contribution in [0.15, 0.2) is 34.0 Å². The van der Waals surface area contributed by atoms with Crippen molar-refractivity contribution >= 4 is 7.82 Å². The predicted octanol–water partition coefficient (Wildman–Crippen LogP) is 2.21. The Morgan fingerprint density at radius 3 is 2.93 bits per heavy atom. The zero-order valence-corrected chi connectivity index (χ0v) is 17.1. The number of nitrogens with one attached hydrogen (secondary N) is 1. The second-order valence-electron chi connectivity index (χ2n) is 6.90. The Morgan fingerprint density at radius 1 is 1.37 bits per heavy atom. The van der Waals surface area contributed by atoms with Crippen molar-refractivity contribution in [3.8, 4) is 11.5 Å². The lowest BCUT2D eigenvalue weighted by atomic mass is 10.2. The second kappa shape index (κ2) is 7.99. The fourth-order valence-electron chi connectivity index (χ4n) is 3.29. The molecule has 1 fully saturated rings. The summed E-state index contributed by atoms with van der Waals surface area (Å²) in [7, 11) is -2.50. The average molecular weight is 442 g/mol. The van der Waals surface area contributed by atoms with Crippen LogP contribution in [0.3, 0.4) is 0 Å². The Labute approximate surface area is 170 Å². The van der Waals surface area contributed by atoms with Crippen LogP contribution in [0.2, 0.25) is 0 Å². The minimum absolute atomic E-state index is 0.0596. The van der Waals surface area contributed by atoms with Gasteiger partial charge in [0.15, 0.2) is 0 Å². The van der Waals surface area contributed by atoms with Gasteiger partial charge in [-0.25, -0.2) is 13.8 Å². The number of nitrogens with zero attached hydrogens (tertiary/aromatic N) is 1. The normalized spacial score (nSPS) is 28.0.